The first-order valence-corrected chi connectivity index (χ1v) is 11.1. The van der Waals surface area contributed by atoms with Gasteiger partial charge in [0.05, 0.1) is 20.6 Å². The van der Waals surface area contributed by atoms with Crippen LogP contribution in [-0.2, 0) is 16.8 Å². The van der Waals surface area contributed by atoms with Crippen LogP contribution in [0, 0.1) is 11.2 Å². The van der Waals surface area contributed by atoms with Gasteiger partial charge >= 0.3 is 0 Å². The van der Waals surface area contributed by atoms with Gasteiger partial charge in [-0.25, -0.2) is 14.4 Å². The molecule has 4 rings (SSSR count). The molecular weight excluding hydrogens is 411 g/mol. The summed E-state index contributed by atoms with van der Waals surface area (Å²) in [4.78, 5) is 23.6. The molecule has 5 nitrogen and oxygen atoms in total. The van der Waals surface area contributed by atoms with Crippen LogP contribution in [0.25, 0.3) is 10.2 Å². The molecule has 2 atom stereocenters. The molecule has 31 heavy (non-hydrogen) atoms. The normalized spacial score (nSPS) is 21.9. The van der Waals surface area contributed by atoms with Crippen LogP contribution in [0.3, 0.4) is 0 Å². The first-order chi connectivity index (χ1) is 14.5. The fraction of sp³-hybridized carbons (Fsp3) is 0.375. The molecule has 2 N–H and O–H groups in total. The molecule has 7 heteroatoms. The number of thiazole rings is 1. The number of carbonyl (C=O) groups excluding carboxylic acids is 1. The van der Waals surface area contributed by atoms with E-state index in [2.05, 4.69) is 18.0 Å². The van der Waals surface area contributed by atoms with E-state index < -0.39 is 11.0 Å². The molecule has 1 unspecified atom stereocenters. The first kappa shape index (κ1) is 21.4. The van der Waals surface area contributed by atoms with Crippen molar-refractivity contribution in [2.24, 2.45) is 16.1 Å². The maximum absolute atomic E-state index is 15.0. The summed E-state index contributed by atoms with van der Waals surface area (Å²) in [6, 6.07) is 13.2. The molecule has 1 amide bonds. The van der Waals surface area contributed by atoms with E-state index in [0.29, 0.717) is 12.0 Å². The molecule has 1 aliphatic heterocycles. The smallest absolute Gasteiger partial charge is 0.237 e. The lowest BCUT2D eigenvalue weighted by molar-refractivity contribution is -0.140. The monoisotopic (exact) mass is 438 g/mol. The minimum atomic E-state index is -1.11. The number of guanidine groups is 1. The summed E-state index contributed by atoms with van der Waals surface area (Å²) in [6.45, 7) is 7.49. The molecule has 0 bridgehead atoms. The van der Waals surface area contributed by atoms with Crippen LogP contribution in [0.2, 0.25) is 0 Å². The van der Waals surface area contributed by atoms with E-state index in [0.717, 1.165) is 20.8 Å². The number of fused-ring (bicyclic) bond motifs is 1. The zero-order valence-corrected chi connectivity index (χ0v) is 19.3. The average molecular weight is 439 g/mol. The Kier molecular flexibility index (Phi) is 5.12. The summed E-state index contributed by atoms with van der Waals surface area (Å²) >= 11 is 1.69. The van der Waals surface area contributed by atoms with Crippen molar-refractivity contribution >= 4 is 33.4 Å². The standard InChI is InChI=1S/C24H27FN4OS/c1-14(20-27-18-8-6-7-9-19(18)31-20)12-15-10-11-17(25)16(13-15)24(4)23(2,3)21(30)29(5)22(26)28-24/h6-11,13-14H,12H2,1-5H3,(H2,26,28)/t14?,24-/m1/s1. The van der Waals surface area contributed by atoms with E-state index in [1.54, 1.807) is 45.2 Å². The zero-order chi connectivity index (χ0) is 22.6. The van der Waals surface area contributed by atoms with E-state index in [4.69, 9.17) is 10.7 Å². The van der Waals surface area contributed by atoms with Gasteiger partial charge in [-0.05, 0) is 51.0 Å². The molecule has 0 aliphatic carbocycles. The van der Waals surface area contributed by atoms with Crippen LogP contribution in [0.15, 0.2) is 47.5 Å². The Morgan fingerprint density at radius 1 is 1.19 bits per heavy atom. The topological polar surface area (TPSA) is 71.6 Å². The quantitative estimate of drug-likeness (QED) is 0.635. The predicted molar refractivity (Wildman–Crippen MR) is 124 cm³/mol. The number of halogens is 1. The van der Waals surface area contributed by atoms with E-state index in [1.807, 2.05) is 24.3 Å². The van der Waals surface area contributed by atoms with Crippen LogP contribution in [0.1, 0.15) is 49.7 Å². The molecule has 0 fully saturated rings. The number of hydrogen-bond donors (Lipinski definition) is 1. The fourth-order valence-corrected chi connectivity index (χ4v) is 5.21. The van der Waals surface area contributed by atoms with Gasteiger partial charge in [0, 0.05) is 18.5 Å². The maximum Gasteiger partial charge on any atom is 0.237 e. The van der Waals surface area contributed by atoms with Gasteiger partial charge in [0.25, 0.3) is 0 Å². The van der Waals surface area contributed by atoms with E-state index >= 15 is 4.39 Å². The highest BCUT2D eigenvalue weighted by Gasteiger charge is 2.53. The summed E-state index contributed by atoms with van der Waals surface area (Å²) in [6.07, 6.45) is 0.705. The van der Waals surface area contributed by atoms with E-state index in [9.17, 15) is 4.79 Å². The molecule has 162 valence electrons. The number of para-hydroxylation sites is 1. The zero-order valence-electron chi connectivity index (χ0n) is 18.4. The van der Waals surface area contributed by atoms with Gasteiger partial charge in [-0.3, -0.25) is 9.69 Å². The van der Waals surface area contributed by atoms with Crippen LogP contribution in [0.5, 0.6) is 0 Å². The Hall–Kier alpha value is -2.80. The summed E-state index contributed by atoms with van der Waals surface area (Å²) in [5.41, 5.74) is 6.30. The van der Waals surface area contributed by atoms with Gasteiger partial charge in [0.15, 0.2) is 5.96 Å². The Balaban J connectivity index is 1.71. The van der Waals surface area contributed by atoms with Crippen LogP contribution in [0.4, 0.5) is 4.39 Å². The third kappa shape index (κ3) is 3.41. The number of hydrogen-bond acceptors (Lipinski definition) is 5. The van der Waals surface area contributed by atoms with Crippen molar-refractivity contribution in [1.29, 1.82) is 0 Å². The van der Waals surface area contributed by atoms with Crippen molar-refractivity contribution in [3.63, 3.8) is 0 Å². The second kappa shape index (κ2) is 7.41. The van der Waals surface area contributed by atoms with Gasteiger partial charge < -0.3 is 5.73 Å². The lowest BCUT2D eigenvalue weighted by atomic mass is 9.67. The third-order valence-corrected chi connectivity index (χ3v) is 7.84. The molecule has 0 saturated carbocycles. The van der Waals surface area contributed by atoms with Crippen molar-refractivity contribution in [3.05, 3.63) is 64.4 Å². The highest BCUT2D eigenvalue weighted by atomic mass is 32.1. The summed E-state index contributed by atoms with van der Waals surface area (Å²) < 4.78 is 16.2. The SMILES string of the molecule is CC(Cc1ccc(F)c([C@@]2(C)N=C(N)N(C)C(=O)C2(C)C)c1)c1nc2ccccc2s1. The van der Waals surface area contributed by atoms with E-state index in [-0.39, 0.29) is 23.6 Å². The molecule has 2 aromatic carbocycles. The molecule has 1 aromatic heterocycles. The third-order valence-electron chi connectivity index (χ3n) is 6.57. The largest absolute Gasteiger partial charge is 0.369 e. The van der Waals surface area contributed by atoms with Crippen molar-refractivity contribution in [1.82, 2.24) is 9.88 Å². The van der Waals surface area contributed by atoms with E-state index in [1.165, 1.54) is 11.0 Å². The Morgan fingerprint density at radius 2 is 1.90 bits per heavy atom. The number of rotatable bonds is 4. The number of carbonyl (C=O) groups is 1. The lowest BCUT2D eigenvalue weighted by Gasteiger charge is -2.46. The van der Waals surface area contributed by atoms with Crippen molar-refractivity contribution in [3.8, 4) is 0 Å². The molecule has 0 radical (unpaired) electrons. The number of nitrogens with two attached hydrogens (primary N) is 1. The second-order valence-corrected chi connectivity index (χ2v) is 10.0. The minimum Gasteiger partial charge on any atom is -0.369 e. The van der Waals surface area contributed by atoms with Gasteiger partial charge in [-0.1, -0.05) is 31.2 Å². The second-order valence-electron chi connectivity index (χ2n) is 8.97. The molecular formula is C24H27FN4OS. The molecule has 0 spiro atoms. The summed E-state index contributed by atoms with van der Waals surface area (Å²) in [5.74, 6) is -0.306. The summed E-state index contributed by atoms with van der Waals surface area (Å²) in [7, 11) is 1.59. The molecule has 0 saturated heterocycles. The number of aliphatic imine (C=N–C) groups is 1. The highest BCUT2D eigenvalue weighted by molar-refractivity contribution is 7.18. The molecule has 1 aliphatic rings. The molecule has 3 aromatic rings. The fourth-order valence-electron chi connectivity index (χ4n) is 4.19. The number of nitrogens with zero attached hydrogens (tertiary/aromatic N) is 3. The number of benzene rings is 2. The lowest BCUT2D eigenvalue weighted by Crippen LogP contribution is -2.58. The van der Waals surface area contributed by atoms with Gasteiger partial charge in [-0.2, -0.15) is 0 Å². The van der Waals surface area contributed by atoms with Gasteiger partial charge in [0.2, 0.25) is 5.91 Å². The van der Waals surface area contributed by atoms with Gasteiger partial charge in [-0.15, -0.1) is 11.3 Å². The Bertz CT molecular complexity index is 1170. The van der Waals surface area contributed by atoms with Crippen LogP contribution >= 0.6 is 11.3 Å². The van der Waals surface area contributed by atoms with Crippen molar-refractivity contribution in [2.45, 2.75) is 45.6 Å². The number of aromatic nitrogens is 1. The summed E-state index contributed by atoms with van der Waals surface area (Å²) in [5, 5.41) is 1.05. The predicted octanol–water partition coefficient (Wildman–Crippen LogP) is 4.81. The minimum absolute atomic E-state index is 0.0967. The Morgan fingerprint density at radius 3 is 2.61 bits per heavy atom. The molecule has 2 heterocycles. The van der Waals surface area contributed by atoms with Crippen LogP contribution < -0.4 is 5.73 Å². The average Bonchev–Trinajstić information content (AvgIpc) is 3.17. The van der Waals surface area contributed by atoms with Crippen molar-refractivity contribution < 1.29 is 9.18 Å². The van der Waals surface area contributed by atoms with Crippen molar-refractivity contribution in [2.75, 3.05) is 7.05 Å². The van der Waals surface area contributed by atoms with Gasteiger partial charge in [0.1, 0.15) is 11.4 Å². The Labute approximate surface area is 185 Å². The number of amides is 1. The first-order valence-electron chi connectivity index (χ1n) is 10.3. The van der Waals surface area contributed by atoms with Crippen LogP contribution in [-0.4, -0.2) is 28.8 Å². The highest BCUT2D eigenvalue weighted by Crippen LogP contribution is 2.47. The maximum atomic E-state index is 15.0.